The van der Waals surface area contributed by atoms with E-state index in [4.69, 9.17) is 4.74 Å². The summed E-state index contributed by atoms with van der Waals surface area (Å²) in [6.07, 6.45) is 7.75. The van der Waals surface area contributed by atoms with Crippen LogP contribution in [-0.2, 0) is 11.3 Å². The summed E-state index contributed by atoms with van der Waals surface area (Å²) < 4.78 is 5.98. The molecule has 0 aromatic heterocycles. The number of hydrogen-bond acceptors (Lipinski definition) is 3. The number of nitrogens with zero attached hydrogens (tertiary/aromatic N) is 1. The zero-order valence-corrected chi connectivity index (χ0v) is 24.8. The largest absolute Gasteiger partial charge is 0.493 e. The van der Waals surface area contributed by atoms with Gasteiger partial charge in [-0.05, 0) is 98.0 Å². The van der Waals surface area contributed by atoms with Crippen LogP contribution < -0.4 is 10.1 Å². The van der Waals surface area contributed by atoms with Gasteiger partial charge in [-0.15, -0.1) is 0 Å². The van der Waals surface area contributed by atoms with Crippen molar-refractivity contribution in [3.8, 4) is 16.9 Å². The van der Waals surface area contributed by atoms with Crippen molar-refractivity contribution < 1.29 is 9.53 Å². The maximum absolute atomic E-state index is 13.2. The highest BCUT2D eigenvalue weighted by Crippen LogP contribution is 2.39. The maximum atomic E-state index is 13.2. The lowest BCUT2D eigenvalue weighted by molar-refractivity contribution is -0.113. The normalized spacial score (nSPS) is 19.3. The van der Waals surface area contributed by atoms with Gasteiger partial charge in [0.1, 0.15) is 5.75 Å². The Labute approximate surface area is 240 Å². The average Bonchev–Trinajstić information content (AvgIpc) is 3.16. The third-order valence-electron chi connectivity index (χ3n) is 8.83. The molecular weight excluding hydrogens is 492 g/mol. The summed E-state index contributed by atoms with van der Waals surface area (Å²) >= 11 is 0. The van der Waals surface area contributed by atoms with Gasteiger partial charge in [0, 0.05) is 35.8 Å². The monoisotopic (exact) mass is 536 g/mol. The molecule has 0 atom stereocenters. The smallest absolute Gasteiger partial charge is 0.251 e. The van der Waals surface area contributed by atoms with Crippen LogP contribution in [0.1, 0.15) is 69.6 Å². The van der Waals surface area contributed by atoms with E-state index < -0.39 is 0 Å². The van der Waals surface area contributed by atoms with Gasteiger partial charge in [0.25, 0.3) is 5.91 Å². The Balaban J connectivity index is 1.20. The van der Waals surface area contributed by atoms with Crippen LogP contribution in [0.4, 0.5) is 5.69 Å². The van der Waals surface area contributed by atoms with E-state index in [0.29, 0.717) is 24.5 Å². The van der Waals surface area contributed by atoms with Crippen molar-refractivity contribution >= 4 is 17.7 Å². The molecule has 1 fully saturated rings. The number of carbonyl (C=O) groups is 1. The minimum absolute atomic E-state index is 0.0716. The van der Waals surface area contributed by atoms with E-state index in [1.54, 1.807) is 0 Å². The summed E-state index contributed by atoms with van der Waals surface area (Å²) in [5.41, 5.74) is 7.69. The third kappa shape index (κ3) is 6.85. The molecule has 1 saturated carbocycles. The number of aryl methyl sites for hydroxylation is 1. The first-order valence-corrected chi connectivity index (χ1v) is 14.8. The second-order valence-electron chi connectivity index (χ2n) is 12.8. The summed E-state index contributed by atoms with van der Waals surface area (Å²) in [5.74, 6) is 1.58. The SMILES string of the molecule is Cc1ccc(-c2ccc3c(c2)C=C(C(=O)Nc2ccc(CN(C)C4CCC(C(C)(C)C)CC4)cc2)CCO3)cc1. The molecule has 0 spiro atoms. The Bertz CT molecular complexity index is 1340. The van der Waals surface area contributed by atoms with Crippen LogP contribution in [0.3, 0.4) is 0 Å². The lowest BCUT2D eigenvalue weighted by Gasteiger charge is -2.40. The zero-order chi connectivity index (χ0) is 28.3. The minimum atomic E-state index is -0.0716. The van der Waals surface area contributed by atoms with Crippen molar-refractivity contribution in [1.29, 1.82) is 0 Å². The number of fused-ring (bicyclic) bond motifs is 1. The molecule has 0 radical (unpaired) electrons. The number of benzene rings is 3. The van der Waals surface area contributed by atoms with Crippen molar-refractivity contribution in [2.45, 2.75) is 72.4 Å². The number of rotatable bonds is 6. The molecule has 4 nitrogen and oxygen atoms in total. The van der Waals surface area contributed by atoms with Gasteiger partial charge >= 0.3 is 0 Å². The predicted octanol–water partition coefficient (Wildman–Crippen LogP) is 8.50. The molecule has 0 bridgehead atoms. The van der Waals surface area contributed by atoms with E-state index in [1.807, 2.05) is 24.3 Å². The van der Waals surface area contributed by atoms with Gasteiger partial charge < -0.3 is 10.1 Å². The van der Waals surface area contributed by atoms with Gasteiger partial charge in [-0.1, -0.05) is 68.8 Å². The van der Waals surface area contributed by atoms with Crippen LogP contribution in [0.15, 0.2) is 72.3 Å². The third-order valence-corrected chi connectivity index (χ3v) is 8.83. The lowest BCUT2D eigenvalue weighted by Crippen LogP contribution is -2.37. The van der Waals surface area contributed by atoms with Crippen molar-refractivity contribution in [1.82, 2.24) is 4.90 Å². The molecule has 1 aliphatic carbocycles. The van der Waals surface area contributed by atoms with E-state index >= 15 is 0 Å². The maximum Gasteiger partial charge on any atom is 0.251 e. The van der Waals surface area contributed by atoms with E-state index in [0.717, 1.165) is 46.2 Å². The second-order valence-corrected chi connectivity index (χ2v) is 12.8. The van der Waals surface area contributed by atoms with Gasteiger partial charge in [0.15, 0.2) is 0 Å². The van der Waals surface area contributed by atoms with E-state index in [2.05, 4.69) is 93.5 Å². The molecule has 1 amide bonds. The first kappa shape index (κ1) is 28.2. The molecular formula is C36H44N2O2. The molecule has 3 aromatic rings. The van der Waals surface area contributed by atoms with Gasteiger partial charge in [0.2, 0.25) is 0 Å². The topological polar surface area (TPSA) is 41.6 Å². The van der Waals surface area contributed by atoms with Gasteiger partial charge in [-0.25, -0.2) is 0 Å². The molecule has 3 aromatic carbocycles. The molecule has 1 aliphatic heterocycles. The summed E-state index contributed by atoms with van der Waals surface area (Å²) in [7, 11) is 2.25. The summed E-state index contributed by atoms with van der Waals surface area (Å²) in [5, 5.41) is 3.11. The molecule has 40 heavy (non-hydrogen) atoms. The second kappa shape index (κ2) is 12.0. The number of hydrogen-bond donors (Lipinski definition) is 1. The quantitative estimate of drug-likeness (QED) is 0.343. The molecule has 5 rings (SSSR count). The molecule has 4 heteroatoms. The predicted molar refractivity (Wildman–Crippen MR) is 166 cm³/mol. The summed E-state index contributed by atoms with van der Waals surface area (Å²) in [6.45, 7) is 10.6. The highest BCUT2D eigenvalue weighted by molar-refractivity contribution is 6.07. The first-order chi connectivity index (χ1) is 19.2. The fourth-order valence-corrected chi connectivity index (χ4v) is 6.13. The van der Waals surface area contributed by atoms with E-state index in [9.17, 15) is 4.79 Å². The Morgan fingerprint density at radius 3 is 2.27 bits per heavy atom. The van der Waals surface area contributed by atoms with Crippen molar-refractivity contribution in [2.24, 2.45) is 11.3 Å². The Kier molecular flexibility index (Phi) is 8.46. The highest BCUT2D eigenvalue weighted by atomic mass is 16.5. The zero-order valence-electron chi connectivity index (χ0n) is 24.8. The number of amides is 1. The van der Waals surface area contributed by atoms with Crippen molar-refractivity contribution in [3.63, 3.8) is 0 Å². The minimum Gasteiger partial charge on any atom is -0.493 e. The fourth-order valence-electron chi connectivity index (χ4n) is 6.13. The average molecular weight is 537 g/mol. The van der Waals surface area contributed by atoms with Gasteiger partial charge in [-0.2, -0.15) is 0 Å². The van der Waals surface area contributed by atoms with Crippen LogP contribution in [0.5, 0.6) is 5.75 Å². The van der Waals surface area contributed by atoms with E-state index in [-0.39, 0.29) is 5.91 Å². The van der Waals surface area contributed by atoms with Crippen LogP contribution in [-0.4, -0.2) is 30.5 Å². The number of anilines is 1. The molecule has 1 N–H and O–H groups in total. The number of ether oxygens (including phenoxy) is 1. The Morgan fingerprint density at radius 2 is 1.60 bits per heavy atom. The summed E-state index contributed by atoms with van der Waals surface area (Å²) in [6, 6.07) is 23.7. The van der Waals surface area contributed by atoms with Crippen molar-refractivity contribution in [2.75, 3.05) is 19.0 Å². The number of nitrogens with one attached hydrogen (secondary N) is 1. The van der Waals surface area contributed by atoms with Crippen LogP contribution in [0.2, 0.25) is 0 Å². The molecule has 210 valence electrons. The standard InChI is InChI=1S/C36H44N2O2/c1-25-6-10-27(11-7-25)28-12-19-34-30(22-28)23-29(20-21-40-34)35(39)37-32-15-8-26(9-16-32)24-38(5)33-17-13-31(14-18-33)36(2,3)4/h6-12,15-16,19,22-23,31,33H,13-14,17-18,20-21,24H2,1-5H3,(H,37,39). The highest BCUT2D eigenvalue weighted by Gasteiger charge is 2.31. The first-order valence-electron chi connectivity index (χ1n) is 14.8. The van der Waals surface area contributed by atoms with Crippen molar-refractivity contribution in [3.05, 3.63) is 89.0 Å². The molecule has 1 heterocycles. The number of carbonyl (C=O) groups excluding carboxylic acids is 1. The molecule has 0 saturated heterocycles. The lowest BCUT2D eigenvalue weighted by atomic mass is 9.71. The van der Waals surface area contributed by atoms with E-state index in [1.165, 1.54) is 36.8 Å². The van der Waals surface area contributed by atoms with Crippen LogP contribution in [0.25, 0.3) is 17.2 Å². The summed E-state index contributed by atoms with van der Waals surface area (Å²) in [4.78, 5) is 15.8. The molecule has 0 unspecified atom stereocenters. The fraction of sp³-hybridized carbons (Fsp3) is 0.417. The van der Waals surface area contributed by atoms with Crippen LogP contribution >= 0.6 is 0 Å². The van der Waals surface area contributed by atoms with Gasteiger partial charge in [0.05, 0.1) is 6.61 Å². The molecule has 2 aliphatic rings. The Hall–Kier alpha value is -3.37. The van der Waals surface area contributed by atoms with Gasteiger partial charge in [-0.3, -0.25) is 9.69 Å². The van der Waals surface area contributed by atoms with Crippen LogP contribution in [0, 0.1) is 18.3 Å². The Morgan fingerprint density at radius 1 is 0.925 bits per heavy atom.